The average molecular weight is 441 g/mol. The lowest BCUT2D eigenvalue weighted by atomic mass is 10.2. The number of carbonyl (C=O) groups is 1. The maximum absolute atomic E-state index is 13.1. The molecular weight excluding hydrogens is 425 g/mol. The lowest BCUT2D eigenvalue weighted by molar-refractivity contribution is 0.0702. The highest BCUT2D eigenvalue weighted by Crippen LogP contribution is 2.42. The normalized spacial score (nSPS) is 19.4. The molecule has 0 bridgehead atoms. The van der Waals surface area contributed by atoms with Crippen LogP contribution in [0.4, 0.5) is 0 Å². The Hall–Kier alpha value is -0.530. The van der Waals surface area contributed by atoms with Gasteiger partial charge < -0.3 is 4.90 Å². The summed E-state index contributed by atoms with van der Waals surface area (Å²) in [5, 5.41) is 1.78. The van der Waals surface area contributed by atoms with Crippen LogP contribution in [0, 0.1) is 0 Å². The summed E-state index contributed by atoms with van der Waals surface area (Å²) in [6.45, 7) is 2.44. The molecular formula is C16H16Cl3NO3S2. The SMILES string of the molecule is CCCN(C(=O)c1sc2cc(Cl)cc(Cl)c2c1Cl)C1CCS(=O)(=O)C1. The molecule has 1 saturated heterocycles. The average Bonchev–Trinajstić information content (AvgIpc) is 3.04. The molecule has 0 saturated carbocycles. The van der Waals surface area contributed by atoms with Crippen molar-refractivity contribution in [2.24, 2.45) is 0 Å². The van der Waals surface area contributed by atoms with Gasteiger partial charge in [0.2, 0.25) is 0 Å². The third kappa shape index (κ3) is 3.78. The van der Waals surface area contributed by atoms with E-state index in [-0.39, 0.29) is 23.5 Å². The Bertz CT molecular complexity index is 940. The number of rotatable bonds is 4. The van der Waals surface area contributed by atoms with Gasteiger partial charge in [0.05, 0.1) is 21.6 Å². The second kappa shape index (κ2) is 7.24. The molecule has 9 heteroatoms. The van der Waals surface area contributed by atoms with Crippen molar-refractivity contribution in [3.8, 4) is 0 Å². The van der Waals surface area contributed by atoms with Crippen LogP contribution in [0.15, 0.2) is 12.1 Å². The lowest BCUT2D eigenvalue weighted by Gasteiger charge is -2.27. The number of halogens is 3. The predicted octanol–water partition coefficient (Wildman–Crippen LogP) is 4.90. The Morgan fingerprint density at radius 2 is 2.04 bits per heavy atom. The first-order valence-electron chi connectivity index (χ1n) is 7.82. The molecule has 1 unspecified atom stereocenters. The summed E-state index contributed by atoms with van der Waals surface area (Å²) in [5.74, 6) is -0.122. The molecule has 2 aromatic rings. The van der Waals surface area contributed by atoms with Crippen LogP contribution in [0.25, 0.3) is 10.1 Å². The van der Waals surface area contributed by atoms with Gasteiger partial charge in [-0.2, -0.15) is 0 Å². The molecule has 4 nitrogen and oxygen atoms in total. The molecule has 1 amide bonds. The molecule has 0 spiro atoms. The van der Waals surface area contributed by atoms with Crippen LogP contribution in [0.5, 0.6) is 0 Å². The second-order valence-corrected chi connectivity index (χ2v) is 10.6. The van der Waals surface area contributed by atoms with Crippen LogP contribution in [-0.4, -0.2) is 43.3 Å². The van der Waals surface area contributed by atoms with Gasteiger partial charge in [-0.05, 0) is 25.0 Å². The number of amides is 1. The third-order valence-corrected chi connectivity index (χ3v) is 8.10. The van der Waals surface area contributed by atoms with E-state index in [0.717, 1.165) is 11.1 Å². The van der Waals surface area contributed by atoms with E-state index < -0.39 is 9.84 Å². The Morgan fingerprint density at radius 1 is 1.32 bits per heavy atom. The van der Waals surface area contributed by atoms with E-state index in [1.807, 2.05) is 6.92 Å². The number of sulfone groups is 1. The molecule has 1 aliphatic heterocycles. The van der Waals surface area contributed by atoms with Crippen molar-refractivity contribution in [3.63, 3.8) is 0 Å². The van der Waals surface area contributed by atoms with E-state index in [1.165, 1.54) is 11.3 Å². The highest BCUT2D eigenvalue weighted by Gasteiger charge is 2.36. The van der Waals surface area contributed by atoms with Crippen molar-refractivity contribution in [1.82, 2.24) is 4.90 Å². The number of hydrogen-bond acceptors (Lipinski definition) is 4. The molecule has 1 aromatic carbocycles. The van der Waals surface area contributed by atoms with Crippen molar-refractivity contribution in [3.05, 3.63) is 32.1 Å². The van der Waals surface area contributed by atoms with Crippen molar-refractivity contribution in [1.29, 1.82) is 0 Å². The zero-order valence-corrected chi connectivity index (χ0v) is 17.3. The second-order valence-electron chi connectivity index (χ2n) is 6.06. The fourth-order valence-corrected chi connectivity index (χ4v) is 7.15. The molecule has 0 N–H and O–H groups in total. The molecule has 136 valence electrons. The minimum absolute atomic E-state index is 0.00778. The third-order valence-electron chi connectivity index (χ3n) is 4.22. The summed E-state index contributed by atoms with van der Waals surface area (Å²) in [4.78, 5) is 15.1. The maximum Gasteiger partial charge on any atom is 0.265 e. The van der Waals surface area contributed by atoms with Gasteiger partial charge in [-0.1, -0.05) is 41.7 Å². The van der Waals surface area contributed by atoms with Gasteiger partial charge >= 0.3 is 0 Å². The van der Waals surface area contributed by atoms with Crippen molar-refractivity contribution in [2.75, 3.05) is 18.1 Å². The first-order valence-corrected chi connectivity index (χ1v) is 11.6. The maximum atomic E-state index is 13.1. The van der Waals surface area contributed by atoms with E-state index in [2.05, 4.69) is 0 Å². The van der Waals surface area contributed by atoms with Crippen LogP contribution < -0.4 is 0 Å². The van der Waals surface area contributed by atoms with E-state index in [0.29, 0.717) is 38.3 Å². The van der Waals surface area contributed by atoms with Gasteiger partial charge in [-0.25, -0.2) is 8.42 Å². The Kier molecular flexibility index (Phi) is 5.57. The number of thiophene rings is 1. The van der Waals surface area contributed by atoms with Gasteiger partial charge in [0, 0.05) is 27.7 Å². The number of benzene rings is 1. The standard InChI is InChI=1S/C16H16Cl3NO3S2/c1-2-4-20(10-3-5-25(22,23)8-10)16(21)15-14(19)13-11(18)6-9(17)7-12(13)24-15/h6-7,10H,2-5,8H2,1H3. The summed E-state index contributed by atoms with van der Waals surface area (Å²) in [6.07, 6.45) is 1.19. The summed E-state index contributed by atoms with van der Waals surface area (Å²) in [6, 6.07) is 3.00. The zero-order valence-electron chi connectivity index (χ0n) is 13.4. The van der Waals surface area contributed by atoms with Crippen LogP contribution in [0.2, 0.25) is 15.1 Å². The van der Waals surface area contributed by atoms with E-state index in [1.54, 1.807) is 17.0 Å². The van der Waals surface area contributed by atoms with Crippen molar-refractivity contribution < 1.29 is 13.2 Å². The number of hydrogen-bond donors (Lipinski definition) is 0. The van der Waals surface area contributed by atoms with E-state index in [4.69, 9.17) is 34.8 Å². The fraction of sp³-hybridized carbons (Fsp3) is 0.438. The van der Waals surface area contributed by atoms with Gasteiger partial charge in [0.15, 0.2) is 9.84 Å². The Balaban J connectivity index is 2.02. The van der Waals surface area contributed by atoms with Crippen molar-refractivity contribution in [2.45, 2.75) is 25.8 Å². The van der Waals surface area contributed by atoms with Crippen LogP contribution in [-0.2, 0) is 9.84 Å². The minimum atomic E-state index is -3.08. The Morgan fingerprint density at radius 3 is 2.64 bits per heavy atom. The van der Waals surface area contributed by atoms with Crippen molar-refractivity contribution >= 4 is 72.0 Å². The number of fused-ring (bicyclic) bond motifs is 1. The van der Waals surface area contributed by atoms with E-state index >= 15 is 0 Å². The minimum Gasteiger partial charge on any atom is -0.334 e. The zero-order chi connectivity index (χ0) is 18.4. The largest absolute Gasteiger partial charge is 0.334 e. The molecule has 0 radical (unpaired) electrons. The molecule has 3 rings (SSSR count). The fourth-order valence-electron chi connectivity index (χ4n) is 3.09. The van der Waals surface area contributed by atoms with Gasteiger partial charge in [0.25, 0.3) is 5.91 Å². The predicted molar refractivity (Wildman–Crippen MR) is 105 cm³/mol. The smallest absolute Gasteiger partial charge is 0.265 e. The topological polar surface area (TPSA) is 54.5 Å². The van der Waals surface area contributed by atoms with Crippen LogP contribution in [0.3, 0.4) is 0 Å². The molecule has 0 aliphatic carbocycles. The molecule has 1 aliphatic rings. The summed E-state index contributed by atoms with van der Waals surface area (Å²) in [5.41, 5.74) is 0. The molecule has 2 heterocycles. The van der Waals surface area contributed by atoms with Gasteiger partial charge in [-0.15, -0.1) is 11.3 Å². The van der Waals surface area contributed by atoms with Gasteiger partial charge in [-0.3, -0.25) is 4.79 Å². The highest BCUT2D eigenvalue weighted by molar-refractivity contribution is 7.91. The van der Waals surface area contributed by atoms with Crippen LogP contribution in [0.1, 0.15) is 29.4 Å². The lowest BCUT2D eigenvalue weighted by Crippen LogP contribution is -2.41. The quantitative estimate of drug-likeness (QED) is 0.679. The highest BCUT2D eigenvalue weighted by atomic mass is 35.5. The summed E-state index contributed by atoms with van der Waals surface area (Å²) >= 11 is 19.9. The summed E-state index contributed by atoms with van der Waals surface area (Å²) in [7, 11) is -3.08. The molecule has 25 heavy (non-hydrogen) atoms. The Labute approximate surface area is 165 Å². The molecule has 1 fully saturated rings. The number of carbonyl (C=O) groups excluding carboxylic acids is 1. The first kappa shape index (κ1) is 19.2. The van der Waals surface area contributed by atoms with Crippen LogP contribution >= 0.6 is 46.1 Å². The first-order chi connectivity index (χ1) is 11.7. The van der Waals surface area contributed by atoms with Gasteiger partial charge in [0.1, 0.15) is 4.88 Å². The molecule has 1 aromatic heterocycles. The number of nitrogens with zero attached hydrogens (tertiary/aromatic N) is 1. The molecule has 1 atom stereocenters. The van der Waals surface area contributed by atoms with E-state index in [9.17, 15) is 13.2 Å². The monoisotopic (exact) mass is 439 g/mol. The summed E-state index contributed by atoms with van der Waals surface area (Å²) < 4.78 is 24.3.